The molecule has 0 radical (unpaired) electrons. The lowest BCUT2D eigenvalue weighted by atomic mass is 10.1. The van der Waals surface area contributed by atoms with Gasteiger partial charge in [-0.25, -0.2) is 9.67 Å². The van der Waals surface area contributed by atoms with E-state index in [1.54, 1.807) is 15.9 Å². The average molecular weight is 440 g/mol. The van der Waals surface area contributed by atoms with Crippen molar-refractivity contribution < 1.29 is 9.59 Å². The summed E-state index contributed by atoms with van der Waals surface area (Å²) in [4.78, 5) is 30.5. The Balaban J connectivity index is 1.37. The van der Waals surface area contributed by atoms with Crippen molar-refractivity contribution in [2.24, 2.45) is 5.92 Å². The van der Waals surface area contributed by atoms with Gasteiger partial charge in [0.1, 0.15) is 12.7 Å². The van der Waals surface area contributed by atoms with Crippen LogP contribution in [0.4, 0.5) is 11.4 Å². The monoisotopic (exact) mass is 439 g/mol. The molecule has 1 aliphatic rings. The fourth-order valence-electron chi connectivity index (χ4n) is 3.19. The molecule has 1 aliphatic heterocycles. The van der Waals surface area contributed by atoms with Gasteiger partial charge in [0.25, 0.3) is 0 Å². The first-order valence-electron chi connectivity index (χ1n) is 8.86. The predicted octanol–water partition coefficient (Wildman–Crippen LogP) is 3.08. The molecule has 8 heteroatoms. The van der Waals surface area contributed by atoms with Crippen LogP contribution >= 0.6 is 15.9 Å². The van der Waals surface area contributed by atoms with E-state index in [9.17, 15) is 9.59 Å². The zero-order valence-corrected chi connectivity index (χ0v) is 16.5. The van der Waals surface area contributed by atoms with Crippen LogP contribution in [0, 0.1) is 5.92 Å². The minimum atomic E-state index is -0.369. The van der Waals surface area contributed by atoms with Gasteiger partial charge < -0.3 is 10.2 Å². The van der Waals surface area contributed by atoms with E-state index >= 15 is 0 Å². The lowest BCUT2D eigenvalue weighted by molar-refractivity contribution is -0.122. The van der Waals surface area contributed by atoms with Crippen molar-refractivity contribution in [3.05, 3.63) is 71.2 Å². The number of benzene rings is 2. The number of halogens is 1. The second-order valence-corrected chi connectivity index (χ2v) is 7.58. The maximum atomic E-state index is 12.6. The molecule has 2 amide bonds. The highest BCUT2D eigenvalue weighted by atomic mass is 79.9. The number of amides is 2. The van der Waals surface area contributed by atoms with Crippen LogP contribution in [0.1, 0.15) is 12.0 Å². The van der Waals surface area contributed by atoms with E-state index in [1.807, 2.05) is 48.5 Å². The summed E-state index contributed by atoms with van der Waals surface area (Å²) in [5, 5.41) is 6.99. The summed E-state index contributed by atoms with van der Waals surface area (Å²) in [5.74, 6) is -0.548. The molecular weight excluding hydrogens is 422 g/mol. The van der Waals surface area contributed by atoms with Gasteiger partial charge in [-0.15, -0.1) is 0 Å². The molecular formula is C20H18BrN5O2. The second-order valence-electron chi connectivity index (χ2n) is 6.66. The van der Waals surface area contributed by atoms with Crippen LogP contribution in [-0.4, -0.2) is 33.1 Å². The maximum absolute atomic E-state index is 12.6. The number of nitrogens with zero attached hydrogens (tertiary/aromatic N) is 4. The van der Waals surface area contributed by atoms with Crippen molar-refractivity contribution in [3.63, 3.8) is 0 Å². The van der Waals surface area contributed by atoms with E-state index in [0.717, 1.165) is 15.7 Å². The molecule has 4 rings (SSSR count). The second kappa shape index (κ2) is 7.93. The van der Waals surface area contributed by atoms with Crippen LogP contribution < -0.4 is 10.2 Å². The molecule has 1 fully saturated rings. The fourth-order valence-corrected chi connectivity index (χ4v) is 3.46. The van der Waals surface area contributed by atoms with Gasteiger partial charge in [-0.05, 0) is 42.0 Å². The average Bonchev–Trinajstić information content (AvgIpc) is 3.34. The molecule has 28 heavy (non-hydrogen) atoms. The molecule has 1 saturated heterocycles. The molecule has 1 atom stereocenters. The highest BCUT2D eigenvalue weighted by Crippen LogP contribution is 2.27. The molecule has 2 heterocycles. The van der Waals surface area contributed by atoms with Gasteiger partial charge in [0.2, 0.25) is 11.8 Å². The number of rotatable bonds is 5. The number of hydrogen-bond acceptors (Lipinski definition) is 4. The largest absolute Gasteiger partial charge is 0.326 e. The quantitative estimate of drug-likeness (QED) is 0.662. The lowest BCUT2D eigenvalue weighted by Crippen LogP contribution is -2.28. The first kappa shape index (κ1) is 18.4. The molecule has 142 valence electrons. The highest BCUT2D eigenvalue weighted by Gasteiger charge is 2.35. The summed E-state index contributed by atoms with van der Waals surface area (Å²) in [6.07, 6.45) is 3.37. The Morgan fingerprint density at radius 1 is 1.14 bits per heavy atom. The number of nitrogens with one attached hydrogen (secondary N) is 1. The van der Waals surface area contributed by atoms with Crippen molar-refractivity contribution in [3.8, 4) is 0 Å². The summed E-state index contributed by atoms with van der Waals surface area (Å²) in [6.45, 7) is 1.00. The first-order chi connectivity index (χ1) is 13.6. The Kier molecular flexibility index (Phi) is 5.21. The van der Waals surface area contributed by atoms with Gasteiger partial charge in [-0.1, -0.05) is 28.1 Å². The molecule has 0 unspecified atom stereocenters. The molecule has 1 N–H and O–H groups in total. The highest BCUT2D eigenvalue weighted by molar-refractivity contribution is 9.10. The molecule has 0 spiro atoms. The third-order valence-corrected chi connectivity index (χ3v) is 5.20. The Hall–Kier alpha value is -3.00. The van der Waals surface area contributed by atoms with E-state index < -0.39 is 0 Å². The van der Waals surface area contributed by atoms with Crippen LogP contribution in [0.3, 0.4) is 0 Å². The van der Waals surface area contributed by atoms with Crippen LogP contribution in [0.2, 0.25) is 0 Å². The van der Waals surface area contributed by atoms with Gasteiger partial charge in [0, 0.05) is 28.8 Å². The Bertz CT molecular complexity index is 971. The summed E-state index contributed by atoms with van der Waals surface area (Å²) < 4.78 is 2.68. The number of aromatic nitrogens is 3. The topological polar surface area (TPSA) is 80.1 Å². The van der Waals surface area contributed by atoms with Crippen LogP contribution in [-0.2, 0) is 16.1 Å². The molecule has 0 saturated carbocycles. The van der Waals surface area contributed by atoms with E-state index in [-0.39, 0.29) is 24.2 Å². The minimum absolute atomic E-state index is 0.0364. The van der Waals surface area contributed by atoms with Crippen molar-refractivity contribution in [1.29, 1.82) is 0 Å². The SMILES string of the molecule is O=C(Nc1ccc(Cn2cncn2)cc1)[C@@H]1CC(=O)N(c2ccc(Br)cc2)C1. The third kappa shape index (κ3) is 4.12. The normalized spacial score (nSPS) is 16.4. The van der Waals surface area contributed by atoms with E-state index in [1.165, 1.54) is 6.33 Å². The first-order valence-corrected chi connectivity index (χ1v) is 9.66. The van der Waals surface area contributed by atoms with Crippen LogP contribution in [0.25, 0.3) is 0 Å². The van der Waals surface area contributed by atoms with Crippen LogP contribution in [0.5, 0.6) is 0 Å². The number of anilines is 2. The van der Waals surface area contributed by atoms with E-state index in [4.69, 9.17) is 0 Å². The smallest absolute Gasteiger partial charge is 0.229 e. The van der Waals surface area contributed by atoms with Crippen molar-refractivity contribution in [1.82, 2.24) is 14.8 Å². The molecule has 0 aliphatic carbocycles. The van der Waals surface area contributed by atoms with Gasteiger partial charge >= 0.3 is 0 Å². The molecule has 7 nitrogen and oxygen atoms in total. The Labute approximate surface area is 170 Å². The summed E-state index contributed by atoms with van der Waals surface area (Å²) in [7, 11) is 0. The fraction of sp³-hybridized carbons (Fsp3) is 0.200. The Morgan fingerprint density at radius 2 is 1.89 bits per heavy atom. The minimum Gasteiger partial charge on any atom is -0.326 e. The standard InChI is InChI=1S/C20H18BrN5O2/c21-16-3-7-18(8-4-16)26-11-15(9-19(26)27)20(28)24-17-5-1-14(2-6-17)10-25-13-22-12-23-25/h1-8,12-13,15H,9-11H2,(H,24,28)/t15-/m1/s1. The van der Waals surface area contributed by atoms with E-state index in [2.05, 4.69) is 31.3 Å². The molecule has 1 aromatic heterocycles. The van der Waals surface area contributed by atoms with Gasteiger partial charge in [0.05, 0.1) is 12.5 Å². The zero-order chi connectivity index (χ0) is 19.5. The van der Waals surface area contributed by atoms with Gasteiger partial charge in [-0.3, -0.25) is 9.59 Å². The van der Waals surface area contributed by atoms with E-state index in [0.29, 0.717) is 18.8 Å². The molecule has 2 aromatic carbocycles. The van der Waals surface area contributed by atoms with Crippen molar-refractivity contribution >= 4 is 39.1 Å². The Morgan fingerprint density at radius 3 is 2.57 bits per heavy atom. The van der Waals surface area contributed by atoms with Gasteiger partial charge in [0.15, 0.2) is 0 Å². The van der Waals surface area contributed by atoms with Crippen molar-refractivity contribution in [2.45, 2.75) is 13.0 Å². The van der Waals surface area contributed by atoms with Gasteiger partial charge in [-0.2, -0.15) is 5.10 Å². The number of hydrogen-bond donors (Lipinski definition) is 1. The summed E-state index contributed by atoms with van der Waals surface area (Å²) in [6, 6.07) is 15.1. The molecule has 3 aromatic rings. The molecule has 0 bridgehead atoms. The summed E-state index contributed by atoms with van der Waals surface area (Å²) in [5.41, 5.74) is 2.57. The number of carbonyl (C=O) groups excluding carboxylic acids is 2. The van der Waals surface area contributed by atoms with Crippen LogP contribution in [0.15, 0.2) is 65.7 Å². The lowest BCUT2D eigenvalue weighted by Gasteiger charge is -2.17. The zero-order valence-electron chi connectivity index (χ0n) is 15.0. The summed E-state index contributed by atoms with van der Waals surface area (Å²) >= 11 is 3.39. The third-order valence-electron chi connectivity index (χ3n) is 4.67. The van der Waals surface area contributed by atoms with Crippen molar-refractivity contribution in [2.75, 3.05) is 16.8 Å². The predicted molar refractivity (Wildman–Crippen MR) is 109 cm³/mol. The number of carbonyl (C=O) groups is 2. The maximum Gasteiger partial charge on any atom is 0.229 e.